The van der Waals surface area contributed by atoms with Crippen LogP contribution in [0, 0.1) is 0 Å². The summed E-state index contributed by atoms with van der Waals surface area (Å²) in [6.07, 6.45) is 5.52. The number of hydrogen-bond donors (Lipinski definition) is 1. The zero-order valence-electron chi connectivity index (χ0n) is 15.3. The van der Waals surface area contributed by atoms with Crippen LogP contribution in [0.3, 0.4) is 0 Å². The third-order valence-corrected chi connectivity index (χ3v) is 5.53. The molecule has 1 N–H and O–H groups in total. The first-order chi connectivity index (χ1) is 12.9. The van der Waals surface area contributed by atoms with Crippen LogP contribution in [0.5, 0.6) is 0 Å². The molecule has 1 heterocycles. The van der Waals surface area contributed by atoms with E-state index in [1.165, 1.54) is 0 Å². The largest absolute Gasteiger partial charge is 0.280 e. The lowest BCUT2D eigenvalue weighted by molar-refractivity contribution is 0.601. The van der Waals surface area contributed by atoms with Gasteiger partial charge in [-0.3, -0.25) is 9.71 Å². The molecule has 0 spiro atoms. The van der Waals surface area contributed by atoms with Crippen molar-refractivity contribution < 1.29 is 8.42 Å². The molecule has 5 heteroatoms. The minimum absolute atomic E-state index is 0.251. The first-order valence-corrected chi connectivity index (χ1v) is 10.2. The number of nitrogens with zero attached hydrogens (tertiary/aromatic N) is 1. The van der Waals surface area contributed by atoms with E-state index in [-0.39, 0.29) is 4.90 Å². The highest BCUT2D eigenvalue weighted by molar-refractivity contribution is 7.92. The monoisotopic (exact) mass is 378 g/mol. The Labute approximate surface area is 160 Å². The Balaban J connectivity index is 1.78. The summed E-state index contributed by atoms with van der Waals surface area (Å²) in [4.78, 5) is 4.49. The third-order valence-electron chi connectivity index (χ3n) is 4.13. The normalized spacial score (nSPS) is 11.8. The predicted molar refractivity (Wildman–Crippen MR) is 111 cm³/mol. The van der Waals surface area contributed by atoms with Crippen molar-refractivity contribution in [3.63, 3.8) is 0 Å². The van der Waals surface area contributed by atoms with E-state index in [0.29, 0.717) is 11.6 Å². The fourth-order valence-electron chi connectivity index (χ4n) is 2.61. The summed E-state index contributed by atoms with van der Waals surface area (Å²) in [7, 11) is -3.63. The number of benzene rings is 2. The molecule has 138 valence electrons. The van der Waals surface area contributed by atoms with Gasteiger partial charge in [-0.25, -0.2) is 8.42 Å². The molecule has 0 unspecified atom stereocenters. The number of anilines is 1. The summed E-state index contributed by atoms with van der Waals surface area (Å²) in [5.74, 6) is 0.359. The number of aromatic nitrogens is 1. The quantitative estimate of drug-likeness (QED) is 0.643. The Morgan fingerprint density at radius 3 is 2.37 bits per heavy atom. The molecule has 1 aromatic heterocycles. The Bertz CT molecular complexity index is 1030. The van der Waals surface area contributed by atoms with Crippen molar-refractivity contribution in [1.82, 2.24) is 4.98 Å². The minimum Gasteiger partial charge on any atom is -0.280 e. The molecular formula is C22H22N2O2S. The topological polar surface area (TPSA) is 59.1 Å². The predicted octanol–water partition coefficient (Wildman–Crippen LogP) is 5.18. The van der Waals surface area contributed by atoms with E-state index in [2.05, 4.69) is 23.6 Å². The van der Waals surface area contributed by atoms with Crippen LogP contribution in [0.4, 0.5) is 5.69 Å². The van der Waals surface area contributed by atoms with Gasteiger partial charge in [-0.15, -0.1) is 0 Å². The van der Waals surface area contributed by atoms with E-state index >= 15 is 0 Å². The summed E-state index contributed by atoms with van der Waals surface area (Å²) < 4.78 is 27.9. The average molecular weight is 378 g/mol. The lowest BCUT2D eigenvalue weighted by atomic mass is 10.0. The Kier molecular flexibility index (Phi) is 5.72. The summed E-state index contributed by atoms with van der Waals surface area (Å²) in [5, 5.41) is 0. The zero-order valence-corrected chi connectivity index (χ0v) is 16.1. The number of hydrogen-bond acceptors (Lipinski definition) is 3. The van der Waals surface area contributed by atoms with Crippen molar-refractivity contribution in [2.75, 3.05) is 4.72 Å². The van der Waals surface area contributed by atoms with Gasteiger partial charge in [0.1, 0.15) is 0 Å². The van der Waals surface area contributed by atoms with E-state index in [0.717, 1.165) is 16.8 Å². The van der Waals surface area contributed by atoms with Gasteiger partial charge in [-0.1, -0.05) is 50.3 Å². The molecule has 4 nitrogen and oxygen atoms in total. The minimum atomic E-state index is -3.63. The van der Waals surface area contributed by atoms with Crippen LogP contribution in [0.2, 0.25) is 0 Å². The molecule has 0 atom stereocenters. The summed E-state index contributed by atoms with van der Waals surface area (Å²) >= 11 is 0. The van der Waals surface area contributed by atoms with Crippen molar-refractivity contribution >= 4 is 27.9 Å². The second-order valence-electron chi connectivity index (χ2n) is 6.54. The van der Waals surface area contributed by atoms with Crippen molar-refractivity contribution in [3.8, 4) is 0 Å². The molecule has 0 aliphatic heterocycles. The fourth-order valence-corrected chi connectivity index (χ4v) is 3.66. The standard InChI is InChI=1S/C22H22N2O2S/c1-17(2)19-10-13-22(14-11-19)27(25,26)24-21-8-5-6-18(16-21)9-12-20-7-3-4-15-23-20/h3-17,24H,1-2H3/b12-9+. The molecule has 3 rings (SSSR count). The average Bonchev–Trinajstić information content (AvgIpc) is 2.67. The maximum absolute atomic E-state index is 12.6. The van der Waals surface area contributed by atoms with Crippen molar-refractivity contribution in [1.29, 1.82) is 0 Å². The van der Waals surface area contributed by atoms with Crippen LogP contribution < -0.4 is 4.72 Å². The second kappa shape index (κ2) is 8.18. The van der Waals surface area contributed by atoms with Gasteiger partial charge in [-0.2, -0.15) is 0 Å². The van der Waals surface area contributed by atoms with Gasteiger partial charge in [0, 0.05) is 11.9 Å². The molecule has 0 amide bonds. The molecule has 0 radical (unpaired) electrons. The number of rotatable bonds is 6. The number of pyridine rings is 1. The van der Waals surface area contributed by atoms with Crippen molar-refractivity contribution in [2.24, 2.45) is 0 Å². The molecule has 0 bridgehead atoms. The van der Waals surface area contributed by atoms with Crippen LogP contribution in [0.15, 0.2) is 77.8 Å². The highest BCUT2D eigenvalue weighted by atomic mass is 32.2. The van der Waals surface area contributed by atoms with Gasteiger partial charge in [0.15, 0.2) is 0 Å². The van der Waals surface area contributed by atoms with Gasteiger partial charge in [-0.05, 0) is 59.5 Å². The van der Waals surface area contributed by atoms with E-state index in [1.54, 1.807) is 30.5 Å². The second-order valence-corrected chi connectivity index (χ2v) is 8.23. The van der Waals surface area contributed by atoms with Gasteiger partial charge < -0.3 is 0 Å². The number of nitrogens with one attached hydrogen (secondary N) is 1. The molecule has 2 aromatic carbocycles. The van der Waals surface area contributed by atoms with Crippen LogP contribution in [-0.2, 0) is 10.0 Å². The Hall–Kier alpha value is -2.92. The van der Waals surface area contributed by atoms with Crippen LogP contribution >= 0.6 is 0 Å². The molecule has 0 aliphatic carbocycles. The maximum Gasteiger partial charge on any atom is 0.261 e. The molecule has 0 aliphatic rings. The Morgan fingerprint density at radius 2 is 1.70 bits per heavy atom. The molecular weight excluding hydrogens is 356 g/mol. The molecule has 0 saturated heterocycles. The lowest BCUT2D eigenvalue weighted by Gasteiger charge is -2.10. The smallest absolute Gasteiger partial charge is 0.261 e. The molecule has 27 heavy (non-hydrogen) atoms. The number of sulfonamides is 1. The van der Waals surface area contributed by atoms with E-state index in [9.17, 15) is 8.42 Å². The summed E-state index contributed by atoms with van der Waals surface area (Å²) in [6.45, 7) is 4.15. The van der Waals surface area contributed by atoms with Crippen molar-refractivity contribution in [3.05, 3.63) is 89.7 Å². The van der Waals surface area contributed by atoms with Crippen molar-refractivity contribution in [2.45, 2.75) is 24.7 Å². The maximum atomic E-state index is 12.6. The highest BCUT2D eigenvalue weighted by Gasteiger charge is 2.14. The summed E-state index contributed by atoms with van der Waals surface area (Å²) in [5.41, 5.74) is 3.35. The van der Waals surface area contributed by atoms with Crippen LogP contribution in [0.1, 0.15) is 36.6 Å². The zero-order chi connectivity index (χ0) is 19.3. The first-order valence-electron chi connectivity index (χ1n) is 8.76. The van der Waals surface area contributed by atoms with Crippen LogP contribution in [0.25, 0.3) is 12.2 Å². The summed E-state index contributed by atoms with van der Waals surface area (Å²) in [6, 6.07) is 19.9. The third kappa shape index (κ3) is 5.05. The van der Waals surface area contributed by atoms with E-state index in [4.69, 9.17) is 0 Å². The van der Waals surface area contributed by atoms with Crippen LogP contribution in [-0.4, -0.2) is 13.4 Å². The Morgan fingerprint density at radius 1 is 0.926 bits per heavy atom. The van der Waals surface area contributed by atoms with Gasteiger partial charge in [0.2, 0.25) is 0 Å². The van der Waals surface area contributed by atoms with E-state index < -0.39 is 10.0 Å². The lowest BCUT2D eigenvalue weighted by Crippen LogP contribution is -2.13. The highest BCUT2D eigenvalue weighted by Crippen LogP contribution is 2.21. The molecule has 3 aromatic rings. The molecule has 0 fully saturated rings. The van der Waals surface area contributed by atoms with Gasteiger partial charge >= 0.3 is 0 Å². The first kappa shape index (κ1) is 18.9. The van der Waals surface area contributed by atoms with Gasteiger partial charge in [0.05, 0.1) is 10.6 Å². The SMILES string of the molecule is CC(C)c1ccc(S(=O)(=O)Nc2cccc(/C=C/c3ccccn3)c2)cc1. The molecule has 0 saturated carbocycles. The van der Waals surface area contributed by atoms with Gasteiger partial charge in [0.25, 0.3) is 10.0 Å². The van der Waals surface area contributed by atoms with E-state index in [1.807, 2.05) is 54.6 Å². The fraction of sp³-hybridized carbons (Fsp3) is 0.136.